The molecule has 0 saturated heterocycles. The van der Waals surface area contributed by atoms with Gasteiger partial charge in [0.15, 0.2) is 5.11 Å². The number of ether oxygens (including phenoxy) is 1. The van der Waals surface area contributed by atoms with Gasteiger partial charge in [-0.05, 0) is 52.8 Å². The Hall–Kier alpha value is -1.60. The van der Waals surface area contributed by atoms with Crippen LogP contribution in [0.3, 0.4) is 0 Å². The van der Waals surface area contributed by atoms with E-state index in [4.69, 9.17) is 17.0 Å². The topological polar surface area (TPSA) is 62.4 Å². The van der Waals surface area contributed by atoms with Gasteiger partial charge in [-0.2, -0.15) is 0 Å². The van der Waals surface area contributed by atoms with Crippen molar-refractivity contribution in [2.45, 2.75) is 13.0 Å². The Bertz CT molecular complexity index is 631. The molecule has 112 valence electrons. The van der Waals surface area contributed by atoms with Gasteiger partial charge in [0, 0.05) is 12.7 Å². The van der Waals surface area contributed by atoms with Gasteiger partial charge in [-0.1, -0.05) is 6.07 Å². The molecule has 21 heavy (non-hydrogen) atoms. The van der Waals surface area contributed by atoms with Crippen LogP contribution in [0.15, 0.2) is 33.9 Å². The molecule has 1 atom stereocenters. The highest BCUT2D eigenvalue weighted by Gasteiger charge is 2.29. The van der Waals surface area contributed by atoms with E-state index in [1.165, 1.54) is 0 Å². The number of rotatable bonds is 3. The van der Waals surface area contributed by atoms with Crippen LogP contribution in [0.25, 0.3) is 0 Å². The van der Waals surface area contributed by atoms with Gasteiger partial charge >= 0.3 is 0 Å². The molecule has 1 aromatic carbocycles. The molecule has 2 rings (SSSR count). The van der Waals surface area contributed by atoms with E-state index in [-0.39, 0.29) is 11.9 Å². The Balaban J connectivity index is 2.48. The summed E-state index contributed by atoms with van der Waals surface area (Å²) in [6, 6.07) is 5.37. The van der Waals surface area contributed by atoms with Crippen LogP contribution in [0.5, 0.6) is 5.75 Å². The Morgan fingerprint density at radius 3 is 2.76 bits per heavy atom. The van der Waals surface area contributed by atoms with Crippen molar-refractivity contribution < 1.29 is 9.53 Å². The lowest BCUT2D eigenvalue weighted by Gasteiger charge is -2.30. The maximum Gasteiger partial charge on any atom is 0.251 e. The Kier molecular flexibility index (Phi) is 4.84. The van der Waals surface area contributed by atoms with Gasteiger partial charge in [-0.25, -0.2) is 0 Å². The second-order valence-electron chi connectivity index (χ2n) is 4.54. The maximum absolute atomic E-state index is 12.1. The van der Waals surface area contributed by atoms with Crippen molar-refractivity contribution in [3.63, 3.8) is 0 Å². The van der Waals surface area contributed by atoms with Crippen LogP contribution in [-0.4, -0.2) is 25.2 Å². The summed E-state index contributed by atoms with van der Waals surface area (Å²) in [6.07, 6.45) is 0. The van der Waals surface area contributed by atoms with Crippen molar-refractivity contribution in [3.8, 4) is 5.75 Å². The van der Waals surface area contributed by atoms with Crippen molar-refractivity contribution in [1.29, 1.82) is 0 Å². The number of hydrogen-bond donors (Lipinski definition) is 3. The fraction of sp³-hybridized carbons (Fsp3) is 0.286. The summed E-state index contributed by atoms with van der Waals surface area (Å²) in [7, 11) is 3.22. The molecule has 7 heteroatoms. The largest absolute Gasteiger partial charge is 0.496 e. The fourth-order valence-electron chi connectivity index (χ4n) is 2.24. The number of methoxy groups -OCH3 is 1. The van der Waals surface area contributed by atoms with Crippen molar-refractivity contribution >= 4 is 39.2 Å². The number of halogens is 1. The first-order chi connectivity index (χ1) is 9.97. The third kappa shape index (κ3) is 3.19. The molecule has 1 aliphatic rings. The standard InChI is InChI=1S/C14H16BrN3O2S/c1-7-11(13(19)16-2)12(18-14(21)17-7)8-4-5-10(20-3)9(15)6-8/h4-6,12H,1-3H3,(H,16,19)(H2,17,18,21)/t12-/m1/s1. The van der Waals surface area contributed by atoms with E-state index in [1.807, 2.05) is 25.1 Å². The van der Waals surface area contributed by atoms with Crippen molar-refractivity contribution in [2.24, 2.45) is 0 Å². The molecule has 0 aliphatic carbocycles. The molecule has 0 saturated carbocycles. The summed E-state index contributed by atoms with van der Waals surface area (Å²) in [5.74, 6) is 0.587. The molecule has 5 nitrogen and oxygen atoms in total. The zero-order chi connectivity index (χ0) is 15.6. The summed E-state index contributed by atoms with van der Waals surface area (Å²) in [5.41, 5.74) is 2.28. The lowest BCUT2D eigenvalue weighted by molar-refractivity contribution is -0.117. The average Bonchev–Trinajstić information content (AvgIpc) is 2.45. The summed E-state index contributed by atoms with van der Waals surface area (Å²) in [6.45, 7) is 1.84. The number of carbonyl (C=O) groups is 1. The van der Waals surface area contributed by atoms with Gasteiger partial charge in [0.25, 0.3) is 5.91 Å². The lowest BCUT2D eigenvalue weighted by Crippen LogP contribution is -2.46. The highest BCUT2D eigenvalue weighted by Crippen LogP contribution is 2.32. The summed E-state index contributed by atoms with van der Waals surface area (Å²) in [5, 5.41) is 9.27. The number of likely N-dealkylation sites (N-methyl/N-ethyl adjacent to an activating group) is 1. The smallest absolute Gasteiger partial charge is 0.251 e. The maximum atomic E-state index is 12.1. The number of allylic oxidation sites excluding steroid dienone is 1. The first kappa shape index (κ1) is 15.8. The van der Waals surface area contributed by atoms with Crippen LogP contribution in [0, 0.1) is 0 Å². The third-order valence-corrected chi connectivity index (χ3v) is 4.09. The van der Waals surface area contributed by atoms with Crippen LogP contribution in [-0.2, 0) is 4.79 Å². The van der Waals surface area contributed by atoms with E-state index in [0.717, 1.165) is 21.5 Å². The number of benzene rings is 1. The quantitative estimate of drug-likeness (QED) is 0.711. The van der Waals surface area contributed by atoms with Gasteiger partial charge in [0.1, 0.15) is 5.75 Å². The van der Waals surface area contributed by atoms with E-state index < -0.39 is 0 Å². The van der Waals surface area contributed by atoms with E-state index in [0.29, 0.717) is 10.7 Å². The summed E-state index contributed by atoms with van der Waals surface area (Å²) >= 11 is 8.65. The van der Waals surface area contributed by atoms with Crippen LogP contribution in [0.2, 0.25) is 0 Å². The molecule has 0 spiro atoms. The van der Waals surface area contributed by atoms with E-state index in [9.17, 15) is 4.79 Å². The number of thiocarbonyl (C=S) groups is 1. The second kappa shape index (κ2) is 6.44. The second-order valence-corrected chi connectivity index (χ2v) is 5.81. The first-order valence-corrected chi connectivity index (χ1v) is 7.51. The molecule has 0 bridgehead atoms. The van der Waals surface area contributed by atoms with Gasteiger partial charge < -0.3 is 20.7 Å². The lowest BCUT2D eigenvalue weighted by atomic mass is 9.95. The molecule has 1 heterocycles. The minimum atomic E-state index is -0.305. The van der Waals surface area contributed by atoms with E-state index in [1.54, 1.807) is 14.2 Å². The number of amides is 1. The minimum Gasteiger partial charge on any atom is -0.496 e. The van der Waals surface area contributed by atoms with Crippen molar-refractivity contribution in [2.75, 3.05) is 14.2 Å². The van der Waals surface area contributed by atoms with Gasteiger partial charge in [0.05, 0.1) is 23.2 Å². The molecule has 3 N–H and O–H groups in total. The van der Waals surface area contributed by atoms with Crippen molar-refractivity contribution in [1.82, 2.24) is 16.0 Å². The molecule has 0 aromatic heterocycles. The molecule has 1 aliphatic heterocycles. The summed E-state index contributed by atoms with van der Waals surface area (Å²) < 4.78 is 6.05. The Morgan fingerprint density at radius 1 is 1.48 bits per heavy atom. The molecule has 1 aromatic rings. The molecular weight excluding hydrogens is 354 g/mol. The first-order valence-electron chi connectivity index (χ1n) is 6.31. The van der Waals surface area contributed by atoms with Crippen molar-refractivity contribution in [3.05, 3.63) is 39.5 Å². The zero-order valence-electron chi connectivity index (χ0n) is 11.9. The predicted molar refractivity (Wildman–Crippen MR) is 89.1 cm³/mol. The number of carbonyl (C=O) groups excluding carboxylic acids is 1. The molecular formula is C14H16BrN3O2S. The minimum absolute atomic E-state index is 0.146. The van der Waals surface area contributed by atoms with Crippen LogP contribution in [0.4, 0.5) is 0 Å². The number of nitrogens with one attached hydrogen (secondary N) is 3. The predicted octanol–water partition coefficient (Wildman–Crippen LogP) is 2.00. The Morgan fingerprint density at radius 2 is 2.19 bits per heavy atom. The fourth-order valence-corrected chi connectivity index (χ4v) is 3.07. The monoisotopic (exact) mass is 369 g/mol. The highest BCUT2D eigenvalue weighted by atomic mass is 79.9. The van der Waals surface area contributed by atoms with Gasteiger partial charge in [0.2, 0.25) is 0 Å². The normalized spacial score (nSPS) is 17.9. The van der Waals surface area contributed by atoms with Crippen LogP contribution in [0.1, 0.15) is 18.5 Å². The number of hydrogen-bond acceptors (Lipinski definition) is 3. The SMILES string of the molecule is CNC(=O)C1=C(C)NC(=S)N[C@@H]1c1ccc(OC)c(Br)c1. The Labute approximate surface area is 137 Å². The van der Waals surface area contributed by atoms with E-state index >= 15 is 0 Å². The highest BCUT2D eigenvalue weighted by molar-refractivity contribution is 9.10. The van der Waals surface area contributed by atoms with Crippen LogP contribution >= 0.6 is 28.1 Å². The molecule has 0 fully saturated rings. The molecule has 0 radical (unpaired) electrons. The van der Waals surface area contributed by atoms with Crippen LogP contribution < -0.4 is 20.7 Å². The summed E-state index contributed by atoms with van der Waals surface area (Å²) in [4.78, 5) is 12.1. The zero-order valence-corrected chi connectivity index (χ0v) is 14.3. The van der Waals surface area contributed by atoms with Gasteiger partial charge in [-0.3, -0.25) is 4.79 Å². The average molecular weight is 370 g/mol. The molecule has 0 unspecified atom stereocenters. The van der Waals surface area contributed by atoms with E-state index in [2.05, 4.69) is 31.9 Å². The van der Waals surface area contributed by atoms with Gasteiger partial charge in [-0.15, -0.1) is 0 Å². The third-order valence-electron chi connectivity index (χ3n) is 3.25. The molecule has 1 amide bonds.